The fourth-order valence-corrected chi connectivity index (χ4v) is 8.47. The molecule has 274 valence electrons. The van der Waals surface area contributed by atoms with E-state index in [9.17, 15) is 14.4 Å². The van der Waals surface area contributed by atoms with Gasteiger partial charge in [0.1, 0.15) is 21.7 Å². The van der Waals surface area contributed by atoms with E-state index < -0.39 is 11.7 Å². The van der Waals surface area contributed by atoms with Crippen LogP contribution in [0.15, 0.2) is 29.6 Å². The van der Waals surface area contributed by atoms with Gasteiger partial charge in [-0.15, -0.1) is 11.3 Å². The molecule has 1 N–H and O–H groups in total. The van der Waals surface area contributed by atoms with Crippen LogP contribution in [0.1, 0.15) is 69.7 Å². The number of hydrogen-bond acceptors (Lipinski definition) is 9. The molecular weight excluding hydrogens is 669 g/mol. The minimum Gasteiger partial charge on any atom is -0.494 e. The van der Waals surface area contributed by atoms with Gasteiger partial charge in [-0.1, -0.05) is 0 Å². The molecule has 2 aliphatic heterocycles. The van der Waals surface area contributed by atoms with E-state index in [2.05, 4.69) is 36.9 Å². The Morgan fingerprint density at radius 1 is 0.980 bits per heavy atom. The van der Waals surface area contributed by atoms with Crippen molar-refractivity contribution in [2.45, 2.75) is 84.0 Å². The zero-order valence-corrected chi connectivity index (χ0v) is 31.2. The van der Waals surface area contributed by atoms with Crippen LogP contribution in [0.3, 0.4) is 0 Å². The van der Waals surface area contributed by atoms with E-state index in [1.165, 1.54) is 30.2 Å². The van der Waals surface area contributed by atoms with E-state index in [0.29, 0.717) is 42.4 Å². The van der Waals surface area contributed by atoms with Crippen LogP contribution in [0, 0.1) is 11.8 Å². The molecule has 3 aromatic heterocycles. The predicted octanol–water partition coefficient (Wildman–Crippen LogP) is 6.15. The summed E-state index contributed by atoms with van der Waals surface area (Å²) in [6.45, 7) is 10.6. The van der Waals surface area contributed by atoms with Gasteiger partial charge in [0, 0.05) is 49.7 Å². The van der Waals surface area contributed by atoms with Crippen molar-refractivity contribution >= 4 is 50.6 Å². The third kappa shape index (κ3) is 7.74. The molecule has 1 saturated carbocycles. The number of thiophene rings is 1. The standard InChI is InChI=1S/C38H50N6O6S/c1-38(2,3)50-37(47)39-28-7-6-13-42(23-28)34(45)27-19-29-32(31(21-27)48-4)43(17-16-41-14-10-25(11-15-41)36(46)49-5)33(40-29)30-20-26-12-18-51-35(26)44(30)22-24-8-9-24/h12,18-21,24-25,28H,6-11,13-17,22-23H2,1-5H3,(H,39,47)/t28-/m1/s1. The molecule has 0 radical (unpaired) electrons. The quantitative estimate of drug-likeness (QED) is 0.194. The van der Waals surface area contributed by atoms with Crippen LogP contribution in [-0.2, 0) is 27.4 Å². The van der Waals surface area contributed by atoms with Gasteiger partial charge >= 0.3 is 12.1 Å². The summed E-state index contributed by atoms with van der Waals surface area (Å²) < 4.78 is 21.2. The Morgan fingerprint density at radius 3 is 2.47 bits per heavy atom. The van der Waals surface area contributed by atoms with Crippen LogP contribution in [0.4, 0.5) is 4.79 Å². The van der Waals surface area contributed by atoms with Crippen molar-refractivity contribution in [3.8, 4) is 17.3 Å². The summed E-state index contributed by atoms with van der Waals surface area (Å²) in [4.78, 5) is 49.5. The molecule has 1 atom stereocenters. The molecule has 1 aliphatic carbocycles. The number of piperidine rings is 2. The van der Waals surface area contributed by atoms with Crippen molar-refractivity contribution in [2.24, 2.45) is 11.8 Å². The molecule has 0 spiro atoms. The smallest absolute Gasteiger partial charge is 0.407 e. The highest BCUT2D eigenvalue weighted by molar-refractivity contribution is 7.16. The van der Waals surface area contributed by atoms with E-state index in [-0.39, 0.29) is 23.8 Å². The number of esters is 1. The Balaban J connectivity index is 1.20. The molecule has 5 heterocycles. The van der Waals surface area contributed by atoms with Crippen LogP contribution in [0.5, 0.6) is 5.75 Å². The van der Waals surface area contributed by atoms with Gasteiger partial charge in [-0.3, -0.25) is 9.59 Å². The molecule has 2 amide bonds. The number of imidazole rings is 1. The highest BCUT2D eigenvalue weighted by atomic mass is 32.1. The zero-order chi connectivity index (χ0) is 35.9. The van der Waals surface area contributed by atoms with E-state index in [1.54, 1.807) is 23.3 Å². The van der Waals surface area contributed by atoms with Crippen LogP contribution in [0.25, 0.3) is 32.8 Å². The number of amides is 2. The average Bonchev–Trinajstić information content (AvgIpc) is 3.53. The number of ether oxygens (including phenoxy) is 3. The molecule has 2 saturated heterocycles. The third-order valence-electron chi connectivity index (χ3n) is 10.3. The molecule has 0 bridgehead atoms. The predicted molar refractivity (Wildman–Crippen MR) is 197 cm³/mol. The number of nitrogens with one attached hydrogen (secondary N) is 1. The van der Waals surface area contributed by atoms with E-state index in [1.807, 2.05) is 32.9 Å². The van der Waals surface area contributed by atoms with Crippen molar-refractivity contribution in [3.63, 3.8) is 0 Å². The van der Waals surface area contributed by atoms with Gasteiger partial charge < -0.3 is 38.5 Å². The minimum absolute atomic E-state index is 0.0474. The third-order valence-corrected chi connectivity index (χ3v) is 11.3. The minimum atomic E-state index is -0.598. The fraction of sp³-hybridized carbons (Fsp3) is 0.579. The summed E-state index contributed by atoms with van der Waals surface area (Å²) in [6, 6.07) is 7.95. The number of benzene rings is 1. The van der Waals surface area contributed by atoms with E-state index in [4.69, 9.17) is 19.2 Å². The lowest BCUT2D eigenvalue weighted by Crippen LogP contribution is -2.50. The second kappa shape index (κ2) is 14.5. The molecular formula is C38H50N6O6S. The number of methoxy groups -OCH3 is 2. The first-order valence-corrected chi connectivity index (χ1v) is 19.1. The van der Waals surface area contributed by atoms with Gasteiger partial charge in [-0.05, 0) is 108 Å². The number of alkyl carbamates (subject to hydrolysis) is 1. The SMILES string of the molecule is COC(=O)C1CCN(CCn2c(-c3cc4ccsc4n3CC3CC3)nc3cc(C(=O)N4CCC[C@@H](NC(=O)OC(C)(C)C)C4)cc(OC)c32)CC1. The molecule has 3 aliphatic rings. The summed E-state index contributed by atoms with van der Waals surface area (Å²) in [5.41, 5.74) is 2.55. The van der Waals surface area contributed by atoms with Gasteiger partial charge in [0.05, 0.1) is 31.3 Å². The van der Waals surface area contributed by atoms with Gasteiger partial charge in [-0.25, -0.2) is 9.78 Å². The zero-order valence-electron chi connectivity index (χ0n) is 30.4. The molecule has 51 heavy (non-hydrogen) atoms. The lowest BCUT2D eigenvalue weighted by Gasteiger charge is -2.33. The van der Waals surface area contributed by atoms with Crippen LogP contribution >= 0.6 is 11.3 Å². The number of aromatic nitrogens is 3. The molecule has 3 fully saturated rings. The molecule has 7 rings (SSSR count). The first-order chi connectivity index (χ1) is 24.5. The first kappa shape index (κ1) is 35.3. The van der Waals surface area contributed by atoms with Crippen molar-refractivity contribution in [1.82, 2.24) is 29.2 Å². The lowest BCUT2D eigenvalue weighted by atomic mass is 9.97. The molecule has 12 nitrogen and oxygen atoms in total. The normalized spacial score (nSPS) is 19.1. The highest BCUT2D eigenvalue weighted by Gasteiger charge is 2.31. The highest BCUT2D eigenvalue weighted by Crippen LogP contribution is 2.40. The summed E-state index contributed by atoms with van der Waals surface area (Å²) in [6.07, 6.45) is 5.13. The second-order valence-electron chi connectivity index (χ2n) is 15.3. The second-order valence-corrected chi connectivity index (χ2v) is 16.2. The van der Waals surface area contributed by atoms with Crippen molar-refractivity contribution in [3.05, 3.63) is 35.2 Å². The van der Waals surface area contributed by atoms with Crippen molar-refractivity contribution < 1.29 is 28.6 Å². The largest absolute Gasteiger partial charge is 0.494 e. The number of hydrogen-bond donors (Lipinski definition) is 1. The number of nitrogens with zero attached hydrogens (tertiary/aromatic N) is 5. The Kier molecular flexibility index (Phi) is 10.0. The van der Waals surface area contributed by atoms with E-state index >= 15 is 0 Å². The molecule has 13 heteroatoms. The number of carbonyl (C=O) groups excluding carboxylic acids is 3. The Morgan fingerprint density at radius 2 is 1.76 bits per heavy atom. The Labute approximate surface area is 303 Å². The van der Waals surface area contributed by atoms with Crippen molar-refractivity contribution in [1.29, 1.82) is 0 Å². The summed E-state index contributed by atoms with van der Waals surface area (Å²) in [7, 11) is 3.11. The number of likely N-dealkylation sites (tertiary alicyclic amines) is 2. The van der Waals surface area contributed by atoms with Gasteiger partial charge in [0.25, 0.3) is 5.91 Å². The van der Waals surface area contributed by atoms with Crippen LogP contribution in [0.2, 0.25) is 0 Å². The van der Waals surface area contributed by atoms with Crippen LogP contribution in [-0.4, -0.2) is 100 Å². The lowest BCUT2D eigenvalue weighted by molar-refractivity contribution is -0.147. The maximum Gasteiger partial charge on any atom is 0.407 e. The maximum atomic E-state index is 14.1. The monoisotopic (exact) mass is 718 g/mol. The molecule has 0 unspecified atom stereocenters. The Bertz CT molecular complexity index is 1910. The number of fused-ring (bicyclic) bond motifs is 2. The molecule has 1 aromatic carbocycles. The van der Waals surface area contributed by atoms with Crippen molar-refractivity contribution in [2.75, 3.05) is 46.9 Å². The number of carbonyl (C=O) groups is 3. The van der Waals surface area contributed by atoms with Crippen LogP contribution < -0.4 is 10.1 Å². The summed E-state index contributed by atoms with van der Waals surface area (Å²) in [5.74, 6) is 1.85. The van der Waals surface area contributed by atoms with Gasteiger partial charge in [0.2, 0.25) is 0 Å². The fourth-order valence-electron chi connectivity index (χ4n) is 7.56. The maximum absolute atomic E-state index is 14.1. The summed E-state index contributed by atoms with van der Waals surface area (Å²) in [5, 5.41) is 6.31. The average molecular weight is 719 g/mol. The topological polar surface area (TPSA) is 120 Å². The van der Waals surface area contributed by atoms with E-state index in [0.717, 1.165) is 68.9 Å². The summed E-state index contributed by atoms with van der Waals surface area (Å²) >= 11 is 1.76. The Hall–Kier alpha value is -4.10. The first-order valence-electron chi connectivity index (χ1n) is 18.3. The number of rotatable bonds is 10. The molecule has 4 aromatic rings. The van der Waals surface area contributed by atoms with Gasteiger partial charge in [-0.2, -0.15) is 0 Å². The van der Waals surface area contributed by atoms with Gasteiger partial charge in [0.15, 0.2) is 5.82 Å².